The van der Waals surface area contributed by atoms with Crippen LogP contribution in [0.15, 0.2) is 0 Å². The zero-order valence-electron chi connectivity index (χ0n) is 8.54. The molecule has 1 aliphatic carbocycles. The van der Waals surface area contributed by atoms with E-state index in [0.29, 0.717) is 6.04 Å². The van der Waals surface area contributed by atoms with Gasteiger partial charge in [0, 0.05) is 25.2 Å². The lowest BCUT2D eigenvalue weighted by atomic mass is 10.1. The standard InChI is InChI=1S/C10H19N3O/c11-8-2-1-6-13(7-5-8)10(14)12-9-3-4-9/h8-9H,1-7,11H2,(H,12,14). The van der Waals surface area contributed by atoms with E-state index in [9.17, 15) is 4.79 Å². The Morgan fingerprint density at radius 2 is 2.00 bits per heavy atom. The molecule has 0 aromatic heterocycles. The zero-order chi connectivity index (χ0) is 9.97. The van der Waals surface area contributed by atoms with Gasteiger partial charge < -0.3 is 16.0 Å². The molecular weight excluding hydrogens is 178 g/mol. The highest BCUT2D eigenvalue weighted by molar-refractivity contribution is 5.74. The summed E-state index contributed by atoms with van der Waals surface area (Å²) in [5.41, 5.74) is 5.85. The Kier molecular flexibility index (Phi) is 2.91. The fraction of sp³-hybridized carbons (Fsp3) is 0.900. The van der Waals surface area contributed by atoms with Crippen LogP contribution in [0.5, 0.6) is 0 Å². The molecule has 4 nitrogen and oxygen atoms in total. The summed E-state index contributed by atoms with van der Waals surface area (Å²) < 4.78 is 0. The van der Waals surface area contributed by atoms with Gasteiger partial charge in [0.15, 0.2) is 0 Å². The molecule has 0 aromatic carbocycles. The van der Waals surface area contributed by atoms with Gasteiger partial charge in [-0.05, 0) is 32.1 Å². The monoisotopic (exact) mass is 197 g/mol. The van der Waals surface area contributed by atoms with Gasteiger partial charge in [-0.2, -0.15) is 0 Å². The molecule has 1 saturated heterocycles. The number of nitrogens with zero attached hydrogens (tertiary/aromatic N) is 1. The van der Waals surface area contributed by atoms with Crippen molar-refractivity contribution in [3.63, 3.8) is 0 Å². The molecule has 1 saturated carbocycles. The van der Waals surface area contributed by atoms with E-state index in [1.807, 2.05) is 4.90 Å². The van der Waals surface area contributed by atoms with Gasteiger partial charge in [-0.25, -0.2) is 4.79 Å². The van der Waals surface area contributed by atoms with E-state index in [2.05, 4.69) is 5.32 Å². The van der Waals surface area contributed by atoms with Crippen molar-refractivity contribution in [2.24, 2.45) is 5.73 Å². The number of likely N-dealkylation sites (tertiary alicyclic amines) is 1. The molecule has 4 heteroatoms. The number of amides is 2. The van der Waals surface area contributed by atoms with Crippen LogP contribution in [0.2, 0.25) is 0 Å². The van der Waals surface area contributed by atoms with Crippen LogP contribution >= 0.6 is 0 Å². The summed E-state index contributed by atoms with van der Waals surface area (Å²) >= 11 is 0. The molecule has 2 rings (SSSR count). The number of carbonyl (C=O) groups excluding carboxylic acids is 1. The van der Waals surface area contributed by atoms with Crippen molar-refractivity contribution in [2.75, 3.05) is 13.1 Å². The van der Waals surface area contributed by atoms with Crippen molar-refractivity contribution in [3.05, 3.63) is 0 Å². The first-order chi connectivity index (χ1) is 6.75. The van der Waals surface area contributed by atoms with Crippen LogP contribution in [0.25, 0.3) is 0 Å². The van der Waals surface area contributed by atoms with Crippen molar-refractivity contribution in [1.82, 2.24) is 10.2 Å². The molecule has 1 heterocycles. The highest BCUT2D eigenvalue weighted by Gasteiger charge is 2.26. The number of hydrogen-bond donors (Lipinski definition) is 2. The fourth-order valence-electron chi connectivity index (χ4n) is 1.82. The average molecular weight is 197 g/mol. The van der Waals surface area contributed by atoms with Gasteiger partial charge in [-0.1, -0.05) is 0 Å². The predicted molar refractivity (Wildman–Crippen MR) is 55.0 cm³/mol. The first-order valence-electron chi connectivity index (χ1n) is 5.57. The third kappa shape index (κ3) is 2.61. The third-order valence-corrected chi connectivity index (χ3v) is 2.96. The smallest absolute Gasteiger partial charge is 0.317 e. The van der Waals surface area contributed by atoms with Crippen molar-refractivity contribution in [1.29, 1.82) is 0 Å². The number of nitrogens with two attached hydrogens (primary N) is 1. The van der Waals surface area contributed by atoms with Crippen molar-refractivity contribution >= 4 is 6.03 Å². The van der Waals surface area contributed by atoms with Crippen LogP contribution in [-0.2, 0) is 0 Å². The molecule has 2 aliphatic rings. The lowest BCUT2D eigenvalue weighted by Crippen LogP contribution is -2.41. The van der Waals surface area contributed by atoms with E-state index in [-0.39, 0.29) is 12.1 Å². The minimum atomic E-state index is 0.113. The van der Waals surface area contributed by atoms with E-state index >= 15 is 0 Å². The molecule has 14 heavy (non-hydrogen) atoms. The summed E-state index contributed by atoms with van der Waals surface area (Å²) in [5, 5.41) is 3.01. The Morgan fingerprint density at radius 1 is 1.21 bits per heavy atom. The number of hydrogen-bond acceptors (Lipinski definition) is 2. The van der Waals surface area contributed by atoms with Gasteiger partial charge in [-0.15, -0.1) is 0 Å². The number of urea groups is 1. The summed E-state index contributed by atoms with van der Waals surface area (Å²) in [6.45, 7) is 1.69. The molecule has 3 N–H and O–H groups in total. The zero-order valence-corrected chi connectivity index (χ0v) is 8.54. The van der Waals surface area contributed by atoms with Gasteiger partial charge in [0.1, 0.15) is 0 Å². The van der Waals surface area contributed by atoms with Crippen LogP contribution in [0.3, 0.4) is 0 Å². The Bertz CT molecular complexity index is 215. The third-order valence-electron chi connectivity index (χ3n) is 2.96. The maximum Gasteiger partial charge on any atom is 0.317 e. The van der Waals surface area contributed by atoms with Crippen LogP contribution < -0.4 is 11.1 Å². The number of rotatable bonds is 1. The molecule has 0 bridgehead atoms. The lowest BCUT2D eigenvalue weighted by Gasteiger charge is -2.20. The molecule has 1 aliphatic heterocycles. The maximum absolute atomic E-state index is 11.7. The highest BCUT2D eigenvalue weighted by atomic mass is 16.2. The second kappa shape index (κ2) is 4.17. The van der Waals surface area contributed by atoms with Crippen LogP contribution in [0.1, 0.15) is 32.1 Å². The molecule has 0 spiro atoms. The van der Waals surface area contributed by atoms with Gasteiger partial charge in [0.2, 0.25) is 0 Å². The summed E-state index contributed by atoms with van der Waals surface area (Å²) in [6.07, 6.45) is 5.34. The fourth-order valence-corrected chi connectivity index (χ4v) is 1.82. The summed E-state index contributed by atoms with van der Waals surface area (Å²) in [5.74, 6) is 0. The van der Waals surface area contributed by atoms with E-state index in [1.54, 1.807) is 0 Å². The highest BCUT2D eigenvalue weighted by Crippen LogP contribution is 2.19. The Hall–Kier alpha value is -0.770. The van der Waals surface area contributed by atoms with Crippen molar-refractivity contribution in [3.8, 4) is 0 Å². The largest absolute Gasteiger partial charge is 0.335 e. The molecular formula is C10H19N3O. The summed E-state index contributed by atoms with van der Waals surface area (Å²) in [4.78, 5) is 13.6. The van der Waals surface area contributed by atoms with Gasteiger partial charge >= 0.3 is 6.03 Å². The van der Waals surface area contributed by atoms with Gasteiger partial charge in [0.25, 0.3) is 0 Å². The van der Waals surface area contributed by atoms with E-state index in [1.165, 1.54) is 0 Å². The molecule has 2 fully saturated rings. The van der Waals surface area contributed by atoms with E-state index in [4.69, 9.17) is 5.73 Å². The van der Waals surface area contributed by atoms with Crippen LogP contribution in [0, 0.1) is 0 Å². The molecule has 1 atom stereocenters. The summed E-state index contributed by atoms with van der Waals surface area (Å²) in [6, 6.07) is 0.856. The Labute approximate surface area is 84.8 Å². The maximum atomic E-state index is 11.7. The van der Waals surface area contributed by atoms with Crippen LogP contribution in [0.4, 0.5) is 4.79 Å². The second-order valence-corrected chi connectivity index (χ2v) is 4.40. The Morgan fingerprint density at radius 3 is 2.71 bits per heavy atom. The normalized spacial score (nSPS) is 28.4. The second-order valence-electron chi connectivity index (χ2n) is 4.40. The van der Waals surface area contributed by atoms with Crippen molar-refractivity contribution < 1.29 is 4.79 Å². The van der Waals surface area contributed by atoms with Gasteiger partial charge in [0.05, 0.1) is 0 Å². The molecule has 0 radical (unpaired) electrons. The quantitative estimate of drug-likeness (QED) is 0.649. The predicted octanol–water partition coefficient (Wildman–Crippen LogP) is 0.672. The topological polar surface area (TPSA) is 58.4 Å². The molecule has 1 unspecified atom stereocenters. The Balaban J connectivity index is 1.79. The van der Waals surface area contributed by atoms with E-state index < -0.39 is 0 Å². The van der Waals surface area contributed by atoms with E-state index in [0.717, 1.165) is 45.2 Å². The molecule has 80 valence electrons. The SMILES string of the molecule is NC1CCCN(C(=O)NC2CC2)CC1. The number of nitrogens with one attached hydrogen (secondary N) is 1. The minimum absolute atomic E-state index is 0.113. The molecule has 0 aromatic rings. The number of carbonyl (C=O) groups is 1. The average Bonchev–Trinajstić information content (AvgIpc) is 2.93. The first-order valence-corrected chi connectivity index (χ1v) is 5.57. The first kappa shape index (κ1) is 9.77. The van der Waals surface area contributed by atoms with Gasteiger partial charge in [-0.3, -0.25) is 0 Å². The molecule has 2 amide bonds. The minimum Gasteiger partial charge on any atom is -0.335 e. The van der Waals surface area contributed by atoms with Crippen molar-refractivity contribution in [2.45, 2.75) is 44.2 Å². The lowest BCUT2D eigenvalue weighted by molar-refractivity contribution is 0.199. The summed E-state index contributed by atoms with van der Waals surface area (Å²) in [7, 11) is 0. The van der Waals surface area contributed by atoms with Crippen LogP contribution in [-0.4, -0.2) is 36.1 Å².